The van der Waals surface area contributed by atoms with Crippen molar-refractivity contribution in [3.05, 3.63) is 58.9 Å². The van der Waals surface area contributed by atoms with Crippen molar-refractivity contribution in [3.8, 4) is 0 Å². The molecule has 2 heterocycles. The number of carbonyl (C=O) groups is 1. The molecule has 7 nitrogen and oxygen atoms in total. The number of nitrogen functional groups attached to an aromatic ring is 1. The number of nitrogens with one attached hydrogen (secondary N) is 1. The number of methoxy groups -OCH3 is 1. The van der Waals surface area contributed by atoms with Crippen LogP contribution in [0.2, 0.25) is 0 Å². The lowest BCUT2D eigenvalue weighted by Crippen LogP contribution is -2.39. The summed E-state index contributed by atoms with van der Waals surface area (Å²) < 4.78 is 5.00. The van der Waals surface area contributed by atoms with Gasteiger partial charge in [-0.3, -0.25) is 4.79 Å². The summed E-state index contributed by atoms with van der Waals surface area (Å²) in [5, 5.41) is 4.61. The number of piperidine rings is 1. The topological polar surface area (TPSA) is 93.4 Å². The summed E-state index contributed by atoms with van der Waals surface area (Å²) in [5.41, 5.74) is 11.3. The van der Waals surface area contributed by atoms with Gasteiger partial charge in [0.05, 0.1) is 11.6 Å². The van der Waals surface area contributed by atoms with E-state index in [-0.39, 0.29) is 18.6 Å². The van der Waals surface area contributed by atoms with E-state index >= 15 is 0 Å². The molecule has 0 radical (unpaired) electrons. The maximum absolute atomic E-state index is 12.1. The lowest BCUT2D eigenvalue weighted by molar-refractivity contribution is -0.136. The Morgan fingerprint density at radius 2 is 1.94 bits per heavy atom. The van der Waals surface area contributed by atoms with Crippen LogP contribution >= 0.6 is 0 Å². The summed E-state index contributed by atoms with van der Waals surface area (Å²) in [6.07, 6.45) is 1.88. The zero-order valence-corrected chi connectivity index (χ0v) is 19.9. The van der Waals surface area contributed by atoms with Crippen LogP contribution < -0.4 is 11.1 Å². The average Bonchev–Trinajstić information content (AvgIpc) is 2.78. The van der Waals surface area contributed by atoms with Gasteiger partial charge >= 0.3 is 0 Å². The van der Waals surface area contributed by atoms with E-state index in [1.54, 1.807) is 7.11 Å². The number of benzene rings is 2. The second-order valence-corrected chi connectivity index (χ2v) is 9.03. The number of anilines is 2. The van der Waals surface area contributed by atoms with Crippen LogP contribution in [-0.2, 0) is 9.53 Å². The van der Waals surface area contributed by atoms with Crippen molar-refractivity contribution in [2.24, 2.45) is 0 Å². The molecule has 1 saturated heterocycles. The number of fused-ring (bicyclic) bond motifs is 1. The molecule has 0 aliphatic carbocycles. The quantitative estimate of drug-likeness (QED) is 0.546. The van der Waals surface area contributed by atoms with Crippen molar-refractivity contribution in [2.75, 3.05) is 37.9 Å². The fourth-order valence-electron chi connectivity index (χ4n) is 4.68. The molecule has 2 aromatic carbocycles. The number of hydrogen-bond donors (Lipinski definition) is 2. The van der Waals surface area contributed by atoms with E-state index in [1.807, 2.05) is 24.0 Å². The number of likely N-dealkylation sites (tertiary alicyclic amines) is 1. The van der Waals surface area contributed by atoms with Crippen LogP contribution in [0.5, 0.6) is 0 Å². The fourth-order valence-corrected chi connectivity index (χ4v) is 4.68. The molecule has 3 N–H and O–H groups in total. The fraction of sp³-hybridized carbons (Fsp3) is 0.423. The van der Waals surface area contributed by atoms with Crippen LogP contribution in [0.3, 0.4) is 0 Å². The predicted octanol–water partition coefficient (Wildman–Crippen LogP) is 4.35. The van der Waals surface area contributed by atoms with Crippen molar-refractivity contribution in [2.45, 2.75) is 45.6 Å². The molecule has 0 spiro atoms. The van der Waals surface area contributed by atoms with Crippen LogP contribution in [-0.4, -0.2) is 47.6 Å². The molecule has 0 saturated carbocycles. The Morgan fingerprint density at radius 3 is 2.64 bits per heavy atom. The van der Waals surface area contributed by atoms with Crippen molar-refractivity contribution < 1.29 is 9.53 Å². The average molecular weight is 448 g/mol. The number of hydrogen-bond acceptors (Lipinski definition) is 6. The molecule has 1 aliphatic heterocycles. The predicted molar refractivity (Wildman–Crippen MR) is 132 cm³/mol. The number of carbonyl (C=O) groups excluding carboxylic acids is 1. The van der Waals surface area contributed by atoms with E-state index in [0.717, 1.165) is 65.3 Å². The molecule has 1 aliphatic rings. The van der Waals surface area contributed by atoms with E-state index in [1.165, 1.54) is 5.56 Å². The van der Waals surface area contributed by atoms with E-state index in [4.69, 9.17) is 15.5 Å². The SMILES string of the molecule is COCC(=O)N1CCC(c2ccc3nc(C)nc(N[C@@H](C)c4cc(C)cc(N)c4)c3c2)CC1. The lowest BCUT2D eigenvalue weighted by Gasteiger charge is -2.32. The highest BCUT2D eigenvalue weighted by atomic mass is 16.5. The monoisotopic (exact) mass is 447 g/mol. The second kappa shape index (κ2) is 9.75. The van der Waals surface area contributed by atoms with Gasteiger partial charge in [-0.2, -0.15) is 0 Å². The second-order valence-electron chi connectivity index (χ2n) is 9.03. The summed E-state index contributed by atoms with van der Waals surface area (Å²) in [4.78, 5) is 23.4. The first-order valence-corrected chi connectivity index (χ1v) is 11.5. The van der Waals surface area contributed by atoms with Gasteiger partial charge in [0, 0.05) is 31.3 Å². The van der Waals surface area contributed by atoms with Gasteiger partial charge in [-0.25, -0.2) is 9.97 Å². The third-order valence-electron chi connectivity index (χ3n) is 6.39. The van der Waals surface area contributed by atoms with Crippen molar-refractivity contribution in [1.29, 1.82) is 0 Å². The molecule has 33 heavy (non-hydrogen) atoms. The number of nitrogens with zero attached hydrogens (tertiary/aromatic N) is 3. The zero-order chi connectivity index (χ0) is 23.5. The van der Waals surface area contributed by atoms with E-state index < -0.39 is 0 Å². The van der Waals surface area contributed by atoms with Gasteiger partial charge in [-0.15, -0.1) is 0 Å². The van der Waals surface area contributed by atoms with Crippen molar-refractivity contribution in [3.63, 3.8) is 0 Å². The number of aryl methyl sites for hydroxylation is 2. The maximum atomic E-state index is 12.1. The first-order valence-electron chi connectivity index (χ1n) is 11.5. The highest BCUT2D eigenvalue weighted by Crippen LogP contribution is 2.33. The van der Waals surface area contributed by atoms with Gasteiger partial charge in [0.2, 0.25) is 5.91 Å². The Morgan fingerprint density at radius 1 is 1.18 bits per heavy atom. The molecule has 174 valence electrons. The minimum absolute atomic E-state index is 0.0448. The number of amides is 1. The molecule has 1 fully saturated rings. The lowest BCUT2D eigenvalue weighted by atomic mass is 9.88. The summed E-state index contributed by atoms with van der Waals surface area (Å²) in [7, 11) is 1.56. The molecular formula is C26H33N5O2. The molecule has 1 amide bonds. The summed E-state index contributed by atoms with van der Waals surface area (Å²) in [6.45, 7) is 7.75. The smallest absolute Gasteiger partial charge is 0.248 e. The molecular weight excluding hydrogens is 414 g/mol. The first-order chi connectivity index (χ1) is 15.8. The third-order valence-corrected chi connectivity index (χ3v) is 6.39. The molecule has 1 aromatic heterocycles. The van der Waals surface area contributed by atoms with Crippen LogP contribution in [0, 0.1) is 13.8 Å². The highest BCUT2D eigenvalue weighted by Gasteiger charge is 2.24. The Kier molecular flexibility index (Phi) is 6.79. The largest absolute Gasteiger partial charge is 0.399 e. The Balaban J connectivity index is 1.58. The zero-order valence-electron chi connectivity index (χ0n) is 19.9. The molecule has 4 rings (SSSR count). The molecule has 1 atom stereocenters. The highest BCUT2D eigenvalue weighted by molar-refractivity contribution is 5.90. The standard InChI is InChI=1S/C26H33N5O2/c1-16-11-21(13-22(27)12-16)17(2)28-26-23-14-20(5-6-24(23)29-18(3)30-26)19-7-9-31(10-8-19)25(32)15-33-4/h5-6,11-14,17,19H,7-10,15,27H2,1-4H3,(H,28,29,30)/t17-/m0/s1. The first kappa shape index (κ1) is 23.0. The van der Waals surface area contributed by atoms with Crippen molar-refractivity contribution in [1.82, 2.24) is 14.9 Å². The maximum Gasteiger partial charge on any atom is 0.248 e. The Labute approximate surface area is 195 Å². The van der Waals surface area contributed by atoms with E-state index in [9.17, 15) is 4.79 Å². The van der Waals surface area contributed by atoms with Crippen molar-refractivity contribution >= 4 is 28.3 Å². The minimum atomic E-state index is 0.0448. The summed E-state index contributed by atoms with van der Waals surface area (Å²) >= 11 is 0. The molecule has 3 aromatic rings. The van der Waals surface area contributed by atoms with Gasteiger partial charge in [0.1, 0.15) is 18.2 Å². The molecule has 0 bridgehead atoms. The normalized spacial score (nSPS) is 15.6. The number of ether oxygens (including phenoxy) is 1. The Hall–Kier alpha value is -3.19. The van der Waals surface area contributed by atoms with Crippen LogP contribution in [0.4, 0.5) is 11.5 Å². The Bertz CT molecular complexity index is 1130. The van der Waals surface area contributed by atoms with Gasteiger partial charge in [0.15, 0.2) is 0 Å². The van der Waals surface area contributed by atoms with Gasteiger partial charge in [-0.1, -0.05) is 12.1 Å². The number of aromatic nitrogens is 2. The molecule has 7 heteroatoms. The van der Waals surface area contributed by atoms with Gasteiger partial charge in [-0.05, 0) is 80.5 Å². The minimum Gasteiger partial charge on any atom is -0.399 e. The van der Waals surface area contributed by atoms with Gasteiger partial charge < -0.3 is 20.7 Å². The molecule has 0 unspecified atom stereocenters. The number of rotatable bonds is 6. The van der Waals surface area contributed by atoms with E-state index in [2.05, 4.69) is 48.4 Å². The summed E-state index contributed by atoms with van der Waals surface area (Å²) in [6, 6.07) is 12.6. The van der Waals surface area contributed by atoms with Crippen LogP contribution in [0.15, 0.2) is 36.4 Å². The third kappa shape index (κ3) is 5.25. The number of nitrogens with two attached hydrogens (primary N) is 1. The van der Waals surface area contributed by atoms with E-state index in [0.29, 0.717) is 5.92 Å². The van der Waals surface area contributed by atoms with Crippen LogP contribution in [0.1, 0.15) is 54.2 Å². The van der Waals surface area contributed by atoms with Crippen LogP contribution in [0.25, 0.3) is 10.9 Å². The van der Waals surface area contributed by atoms with Gasteiger partial charge in [0.25, 0.3) is 0 Å². The summed E-state index contributed by atoms with van der Waals surface area (Å²) in [5.74, 6) is 2.04.